The van der Waals surface area contributed by atoms with Crippen LogP contribution in [0.25, 0.3) is 0 Å². The summed E-state index contributed by atoms with van der Waals surface area (Å²) in [5.74, 6) is -0.408. The number of hydrogen-bond donors (Lipinski definition) is 1. The second kappa shape index (κ2) is 5.77. The lowest BCUT2D eigenvalue weighted by molar-refractivity contribution is -0.191. The van der Waals surface area contributed by atoms with Crippen molar-refractivity contribution in [2.24, 2.45) is 0 Å². The molecule has 1 saturated carbocycles. The predicted octanol–water partition coefficient (Wildman–Crippen LogP) is 1.60. The van der Waals surface area contributed by atoms with Crippen molar-refractivity contribution >= 4 is 5.91 Å². The van der Waals surface area contributed by atoms with Crippen LogP contribution in [0.4, 0.5) is 0 Å². The quantitative estimate of drug-likeness (QED) is 0.847. The van der Waals surface area contributed by atoms with Gasteiger partial charge in [-0.3, -0.25) is 4.79 Å². The Labute approximate surface area is 115 Å². The molecule has 0 radical (unpaired) electrons. The van der Waals surface area contributed by atoms with E-state index >= 15 is 0 Å². The van der Waals surface area contributed by atoms with Gasteiger partial charge in [0.15, 0.2) is 5.79 Å². The third-order valence-corrected chi connectivity index (χ3v) is 3.47. The summed E-state index contributed by atoms with van der Waals surface area (Å²) in [5, 5.41) is 2.89. The third kappa shape index (κ3) is 4.44. The lowest BCUT2D eigenvalue weighted by Crippen LogP contribution is -2.44. The van der Waals surface area contributed by atoms with Gasteiger partial charge in [-0.25, -0.2) is 0 Å². The highest BCUT2D eigenvalue weighted by Crippen LogP contribution is 2.36. The fraction of sp³-hybridized carbons (Fsp3) is 0.929. The number of rotatable bonds is 3. The Morgan fingerprint density at radius 2 is 1.84 bits per heavy atom. The van der Waals surface area contributed by atoms with Crippen LogP contribution in [-0.4, -0.2) is 43.2 Å². The monoisotopic (exact) mass is 271 g/mol. The molecule has 1 amide bonds. The molecule has 0 bridgehead atoms. The van der Waals surface area contributed by atoms with E-state index in [2.05, 4.69) is 5.32 Å². The van der Waals surface area contributed by atoms with Gasteiger partial charge < -0.3 is 19.5 Å². The normalized spacial score (nSPS) is 23.7. The van der Waals surface area contributed by atoms with Gasteiger partial charge in [-0.05, 0) is 33.6 Å². The summed E-state index contributed by atoms with van der Waals surface area (Å²) < 4.78 is 17.0. The van der Waals surface area contributed by atoms with E-state index in [0.717, 1.165) is 25.7 Å². The molecule has 2 aliphatic rings. The van der Waals surface area contributed by atoms with Crippen molar-refractivity contribution < 1.29 is 19.0 Å². The van der Waals surface area contributed by atoms with Gasteiger partial charge in [0, 0.05) is 18.4 Å². The van der Waals surface area contributed by atoms with E-state index in [0.29, 0.717) is 13.2 Å². The van der Waals surface area contributed by atoms with Gasteiger partial charge in [0.05, 0.1) is 19.3 Å². The Bertz CT molecular complexity index is 308. The molecule has 5 heteroatoms. The average Bonchev–Trinajstić information content (AvgIpc) is 2.75. The van der Waals surface area contributed by atoms with Gasteiger partial charge >= 0.3 is 0 Å². The van der Waals surface area contributed by atoms with Crippen LogP contribution in [-0.2, 0) is 19.0 Å². The molecule has 0 unspecified atom stereocenters. The third-order valence-electron chi connectivity index (χ3n) is 3.47. The zero-order valence-corrected chi connectivity index (χ0v) is 12.2. The topological polar surface area (TPSA) is 56.8 Å². The minimum Gasteiger partial charge on any atom is -0.368 e. The number of hydrogen-bond acceptors (Lipinski definition) is 4. The minimum absolute atomic E-state index is 0.0545. The molecule has 0 aromatic rings. The van der Waals surface area contributed by atoms with Crippen LogP contribution in [0.5, 0.6) is 0 Å². The lowest BCUT2D eigenvalue weighted by atomic mass is 9.92. The van der Waals surface area contributed by atoms with Gasteiger partial charge in [-0.1, -0.05) is 0 Å². The van der Waals surface area contributed by atoms with Crippen molar-refractivity contribution in [3.8, 4) is 0 Å². The largest absolute Gasteiger partial charge is 0.368 e. The molecule has 1 heterocycles. The van der Waals surface area contributed by atoms with E-state index in [1.165, 1.54) is 0 Å². The molecule has 5 nitrogen and oxygen atoms in total. The Kier molecular flexibility index (Phi) is 4.48. The highest BCUT2D eigenvalue weighted by molar-refractivity contribution is 5.77. The van der Waals surface area contributed by atoms with Crippen LogP contribution in [0, 0.1) is 0 Å². The van der Waals surface area contributed by atoms with E-state index in [9.17, 15) is 4.79 Å². The molecule has 0 aromatic carbocycles. The zero-order valence-electron chi connectivity index (χ0n) is 12.2. The van der Waals surface area contributed by atoms with Crippen molar-refractivity contribution in [3.63, 3.8) is 0 Å². The fourth-order valence-electron chi connectivity index (χ4n) is 2.63. The van der Waals surface area contributed by atoms with Crippen LogP contribution in [0.1, 0.15) is 46.5 Å². The van der Waals surface area contributed by atoms with E-state index < -0.39 is 0 Å². The Hall–Kier alpha value is -0.650. The highest BCUT2D eigenvalue weighted by atomic mass is 16.7. The van der Waals surface area contributed by atoms with Crippen LogP contribution < -0.4 is 5.32 Å². The first-order chi connectivity index (χ1) is 8.89. The van der Waals surface area contributed by atoms with Crippen molar-refractivity contribution in [1.29, 1.82) is 0 Å². The standard InChI is InChI=1S/C14H25NO4/c1-13(2,3)15-12(16)10-17-11-4-6-14(7-5-11)18-8-9-19-14/h11H,4-10H2,1-3H3,(H,15,16). The summed E-state index contributed by atoms with van der Waals surface area (Å²) in [7, 11) is 0. The highest BCUT2D eigenvalue weighted by Gasteiger charge is 2.40. The summed E-state index contributed by atoms with van der Waals surface area (Å²) in [6.07, 6.45) is 3.65. The molecular weight excluding hydrogens is 246 g/mol. The zero-order chi connectivity index (χ0) is 13.9. The molecule has 0 aromatic heterocycles. The Morgan fingerprint density at radius 3 is 2.37 bits per heavy atom. The maximum atomic E-state index is 11.7. The summed E-state index contributed by atoms with van der Waals surface area (Å²) >= 11 is 0. The Balaban J connectivity index is 1.67. The molecule has 2 rings (SSSR count). The first-order valence-corrected chi connectivity index (χ1v) is 7.09. The van der Waals surface area contributed by atoms with Gasteiger partial charge in [0.25, 0.3) is 0 Å². The van der Waals surface area contributed by atoms with Gasteiger partial charge in [-0.2, -0.15) is 0 Å². The van der Waals surface area contributed by atoms with Crippen LogP contribution >= 0.6 is 0 Å². The van der Waals surface area contributed by atoms with Crippen molar-refractivity contribution in [2.45, 2.75) is 63.9 Å². The van der Waals surface area contributed by atoms with Crippen molar-refractivity contribution in [3.05, 3.63) is 0 Å². The summed E-state index contributed by atoms with van der Waals surface area (Å²) in [6.45, 7) is 7.41. The summed E-state index contributed by atoms with van der Waals surface area (Å²) in [4.78, 5) is 11.7. The number of carbonyl (C=O) groups excluding carboxylic acids is 1. The van der Waals surface area contributed by atoms with Gasteiger partial charge in [0.2, 0.25) is 5.91 Å². The minimum atomic E-state index is -0.354. The molecule has 1 aliphatic carbocycles. The van der Waals surface area contributed by atoms with Gasteiger partial charge in [-0.15, -0.1) is 0 Å². The van der Waals surface area contributed by atoms with E-state index in [-0.39, 0.29) is 29.9 Å². The summed E-state index contributed by atoms with van der Waals surface area (Å²) in [6, 6.07) is 0. The van der Waals surface area contributed by atoms with Crippen molar-refractivity contribution in [1.82, 2.24) is 5.32 Å². The maximum Gasteiger partial charge on any atom is 0.246 e. The van der Waals surface area contributed by atoms with Crippen LogP contribution in [0.3, 0.4) is 0 Å². The molecule has 19 heavy (non-hydrogen) atoms. The fourth-order valence-corrected chi connectivity index (χ4v) is 2.63. The average molecular weight is 271 g/mol. The van der Waals surface area contributed by atoms with Crippen LogP contribution in [0.2, 0.25) is 0 Å². The molecule has 1 N–H and O–H groups in total. The molecule has 110 valence electrons. The number of ether oxygens (including phenoxy) is 3. The summed E-state index contributed by atoms with van der Waals surface area (Å²) in [5.41, 5.74) is -0.206. The van der Waals surface area contributed by atoms with Gasteiger partial charge in [0.1, 0.15) is 6.61 Å². The maximum absolute atomic E-state index is 11.7. The van der Waals surface area contributed by atoms with Crippen LogP contribution in [0.15, 0.2) is 0 Å². The Morgan fingerprint density at radius 1 is 1.26 bits per heavy atom. The van der Waals surface area contributed by atoms with E-state index in [1.54, 1.807) is 0 Å². The van der Waals surface area contributed by atoms with E-state index in [4.69, 9.17) is 14.2 Å². The molecule has 1 spiro atoms. The molecule has 0 atom stereocenters. The number of amides is 1. The number of nitrogens with one attached hydrogen (secondary N) is 1. The number of carbonyl (C=O) groups is 1. The predicted molar refractivity (Wildman–Crippen MR) is 70.7 cm³/mol. The molecule has 1 aliphatic heterocycles. The van der Waals surface area contributed by atoms with E-state index in [1.807, 2.05) is 20.8 Å². The second-order valence-electron chi connectivity index (χ2n) is 6.42. The molecule has 1 saturated heterocycles. The second-order valence-corrected chi connectivity index (χ2v) is 6.42. The SMILES string of the molecule is CC(C)(C)NC(=O)COC1CCC2(CC1)OCCO2. The first-order valence-electron chi connectivity index (χ1n) is 7.09. The lowest BCUT2D eigenvalue weighted by Gasteiger charge is -2.35. The molecular formula is C14H25NO4. The smallest absolute Gasteiger partial charge is 0.246 e. The van der Waals surface area contributed by atoms with Crippen molar-refractivity contribution in [2.75, 3.05) is 19.8 Å². The first kappa shape index (κ1) is 14.8. The molecule has 2 fully saturated rings.